The molecule has 0 saturated carbocycles. The minimum absolute atomic E-state index is 0.113. The van der Waals surface area contributed by atoms with Crippen molar-refractivity contribution in [2.45, 2.75) is 25.3 Å². The van der Waals surface area contributed by atoms with Gasteiger partial charge in [-0.2, -0.15) is 0 Å². The van der Waals surface area contributed by atoms with E-state index in [0.29, 0.717) is 12.6 Å². The van der Waals surface area contributed by atoms with Crippen molar-refractivity contribution in [2.75, 3.05) is 13.1 Å². The zero-order valence-electron chi connectivity index (χ0n) is 10.1. The minimum Gasteiger partial charge on any atom is -0.508 e. The van der Waals surface area contributed by atoms with Crippen molar-refractivity contribution in [1.82, 2.24) is 10.6 Å². The van der Waals surface area contributed by atoms with Crippen LogP contribution in [0.3, 0.4) is 0 Å². The van der Waals surface area contributed by atoms with E-state index in [2.05, 4.69) is 10.6 Å². The Hall–Kier alpha value is -1.75. The van der Waals surface area contributed by atoms with E-state index in [1.54, 1.807) is 0 Å². The number of rotatable bonds is 4. The normalized spacial score (nSPS) is 18.8. The number of aromatic hydroxyl groups is 2. The predicted octanol–water partition coefficient (Wildman–Crippen LogP) is 0.970. The van der Waals surface area contributed by atoms with Gasteiger partial charge in [-0.05, 0) is 37.9 Å². The van der Waals surface area contributed by atoms with E-state index >= 15 is 0 Å². The van der Waals surface area contributed by atoms with Gasteiger partial charge in [0, 0.05) is 24.2 Å². The number of carbonyl (C=O) groups is 1. The van der Waals surface area contributed by atoms with Gasteiger partial charge in [-0.15, -0.1) is 0 Å². The Morgan fingerprint density at radius 3 is 2.67 bits per heavy atom. The number of hydrogen-bond donors (Lipinski definition) is 4. The highest BCUT2D eigenvalue weighted by molar-refractivity contribution is 5.95. The Morgan fingerprint density at radius 2 is 2.06 bits per heavy atom. The van der Waals surface area contributed by atoms with Crippen molar-refractivity contribution in [3.05, 3.63) is 23.8 Å². The van der Waals surface area contributed by atoms with Crippen LogP contribution in [-0.2, 0) is 0 Å². The lowest BCUT2D eigenvalue weighted by molar-refractivity contribution is 0.0951. The van der Waals surface area contributed by atoms with Crippen LogP contribution in [-0.4, -0.2) is 35.3 Å². The van der Waals surface area contributed by atoms with Gasteiger partial charge >= 0.3 is 0 Å². The zero-order chi connectivity index (χ0) is 13.0. The number of phenolic OH excluding ortho intramolecular Hbond substituents is 2. The maximum Gasteiger partial charge on any atom is 0.251 e. The van der Waals surface area contributed by atoms with Crippen LogP contribution in [0.15, 0.2) is 18.2 Å². The van der Waals surface area contributed by atoms with Gasteiger partial charge in [-0.25, -0.2) is 0 Å². The molecule has 1 aliphatic rings. The lowest BCUT2D eigenvalue weighted by Crippen LogP contribution is -2.30. The van der Waals surface area contributed by atoms with Crippen molar-refractivity contribution < 1.29 is 15.0 Å². The number of nitrogens with one attached hydrogen (secondary N) is 2. The summed E-state index contributed by atoms with van der Waals surface area (Å²) in [5.74, 6) is -0.505. The average Bonchev–Trinajstić information content (AvgIpc) is 2.80. The molecule has 1 heterocycles. The molecular weight excluding hydrogens is 232 g/mol. The molecule has 18 heavy (non-hydrogen) atoms. The Labute approximate surface area is 106 Å². The van der Waals surface area contributed by atoms with Gasteiger partial charge in [0.05, 0.1) is 0 Å². The second kappa shape index (κ2) is 5.73. The molecule has 1 aliphatic heterocycles. The van der Waals surface area contributed by atoms with Crippen LogP contribution in [0.5, 0.6) is 11.5 Å². The maximum absolute atomic E-state index is 11.8. The van der Waals surface area contributed by atoms with E-state index in [1.165, 1.54) is 24.6 Å². The molecule has 0 aromatic heterocycles. The summed E-state index contributed by atoms with van der Waals surface area (Å²) in [5.41, 5.74) is 0.270. The lowest BCUT2D eigenvalue weighted by Gasteiger charge is -2.11. The number of carbonyl (C=O) groups excluding carboxylic acids is 1. The molecule has 98 valence electrons. The first-order valence-electron chi connectivity index (χ1n) is 6.20. The Balaban J connectivity index is 1.83. The first-order chi connectivity index (χ1) is 8.65. The number of benzene rings is 1. The second-order valence-corrected chi connectivity index (χ2v) is 4.58. The smallest absolute Gasteiger partial charge is 0.251 e. The van der Waals surface area contributed by atoms with Crippen molar-refractivity contribution in [2.24, 2.45) is 0 Å². The summed E-state index contributed by atoms with van der Waals surface area (Å²) in [6.45, 7) is 1.64. The van der Waals surface area contributed by atoms with Crippen LogP contribution in [0.4, 0.5) is 0 Å². The van der Waals surface area contributed by atoms with Crippen molar-refractivity contribution in [3.63, 3.8) is 0 Å². The van der Waals surface area contributed by atoms with Gasteiger partial charge in [0.1, 0.15) is 11.5 Å². The first-order valence-corrected chi connectivity index (χ1v) is 6.20. The summed E-state index contributed by atoms with van der Waals surface area (Å²) in [4.78, 5) is 11.8. The van der Waals surface area contributed by atoms with Gasteiger partial charge in [0.15, 0.2) is 0 Å². The molecule has 0 spiro atoms. The van der Waals surface area contributed by atoms with Gasteiger partial charge in [-0.3, -0.25) is 4.79 Å². The van der Waals surface area contributed by atoms with E-state index in [4.69, 9.17) is 0 Å². The highest BCUT2D eigenvalue weighted by Gasteiger charge is 2.14. The maximum atomic E-state index is 11.8. The van der Waals surface area contributed by atoms with E-state index in [1.807, 2.05) is 0 Å². The molecule has 1 fully saturated rings. The molecule has 4 N–H and O–H groups in total. The summed E-state index contributed by atoms with van der Waals surface area (Å²) in [6, 6.07) is 4.35. The Kier molecular flexibility index (Phi) is 4.04. The zero-order valence-corrected chi connectivity index (χ0v) is 10.1. The first kappa shape index (κ1) is 12.7. The highest BCUT2D eigenvalue weighted by Crippen LogP contribution is 2.20. The molecule has 2 rings (SSSR count). The lowest BCUT2D eigenvalue weighted by atomic mass is 10.1. The fourth-order valence-corrected chi connectivity index (χ4v) is 2.19. The summed E-state index contributed by atoms with van der Waals surface area (Å²) >= 11 is 0. The fourth-order valence-electron chi connectivity index (χ4n) is 2.19. The third-order valence-corrected chi connectivity index (χ3v) is 3.11. The molecule has 5 nitrogen and oxygen atoms in total. The molecule has 0 unspecified atom stereocenters. The van der Waals surface area contributed by atoms with Gasteiger partial charge < -0.3 is 20.8 Å². The van der Waals surface area contributed by atoms with Gasteiger partial charge in [0.25, 0.3) is 5.91 Å². The third kappa shape index (κ3) is 3.37. The van der Waals surface area contributed by atoms with Crippen LogP contribution in [0.1, 0.15) is 29.6 Å². The van der Waals surface area contributed by atoms with Crippen LogP contribution >= 0.6 is 0 Å². The monoisotopic (exact) mass is 250 g/mol. The van der Waals surface area contributed by atoms with E-state index in [0.717, 1.165) is 19.4 Å². The standard InChI is InChI=1S/C13H18N2O3/c16-11-6-9(7-12(17)8-11)13(18)15-5-3-10-2-1-4-14-10/h6-8,10,14,16-17H,1-5H2,(H,15,18)/t10-/m1/s1. The van der Waals surface area contributed by atoms with Gasteiger partial charge in [0.2, 0.25) is 0 Å². The molecule has 1 amide bonds. The molecule has 5 heteroatoms. The Bertz CT molecular complexity index is 408. The largest absolute Gasteiger partial charge is 0.508 e. The Morgan fingerprint density at radius 1 is 1.33 bits per heavy atom. The van der Waals surface area contributed by atoms with E-state index in [9.17, 15) is 15.0 Å². The molecule has 0 aliphatic carbocycles. The van der Waals surface area contributed by atoms with Crippen LogP contribution in [0.25, 0.3) is 0 Å². The van der Waals surface area contributed by atoms with Crippen molar-refractivity contribution in [3.8, 4) is 11.5 Å². The molecule has 0 radical (unpaired) electrons. The predicted molar refractivity (Wildman–Crippen MR) is 67.7 cm³/mol. The van der Waals surface area contributed by atoms with E-state index in [-0.39, 0.29) is 23.0 Å². The van der Waals surface area contributed by atoms with Crippen molar-refractivity contribution >= 4 is 5.91 Å². The number of amides is 1. The van der Waals surface area contributed by atoms with E-state index < -0.39 is 0 Å². The van der Waals surface area contributed by atoms with Crippen LogP contribution in [0.2, 0.25) is 0 Å². The molecule has 1 aromatic rings. The SMILES string of the molecule is O=C(NCC[C@H]1CCCN1)c1cc(O)cc(O)c1. The second-order valence-electron chi connectivity index (χ2n) is 4.58. The summed E-state index contributed by atoms with van der Waals surface area (Å²) in [5, 5.41) is 24.7. The fraction of sp³-hybridized carbons (Fsp3) is 0.462. The summed E-state index contributed by atoms with van der Waals surface area (Å²) in [7, 11) is 0. The highest BCUT2D eigenvalue weighted by atomic mass is 16.3. The summed E-state index contributed by atoms with van der Waals surface area (Å²) < 4.78 is 0. The third-order valence-electron chi connectivity index (χ3n) is 3.11. The van der Waals surface area contributed by atoms with Crippen molar-refractivity contribution in [1.29, 1.82) is 0 Å². The van der Waals surface area contributed by atoms with Crippen LogP contribution in [0, 0.1) is 0 Å². The van der Waals surface area contributed by atoms with Crippen LogP contribution < -0.4 is 10.6 Å². The molecule has 1 saturated heterocycles. The topological polar surface area (TPSA) is 81.6 Å². The molecule has 1 aromatic carbocycles. The minimum atomic E-state index is -0.279. The molecular formula is C13H18N2O3. The number of hydrogen-bond acceptors (Lipinski definition) is 4. The quantitative estimate of drug-likeness (QED) is 0.642. The molecule has 0 bridgehead atoms. The molecule has 1 atom stereocenters. The average molecular weight is 250 g/mol. The summed E-state index contributed by atoms with van der Waals surface area (Å²) in [6.07, 6.45) is 3.25. The number of phenols is 2. The van der Waals surface area contributed by atoms with Gasteiger partial charge in [-0.1, -0.05) is 0 Å².